The van der Waals surface area contributed by atoms with Gasteiger partial charge in [-0.05, 0) is 30.3 Å². The van der Waals surface area contributed by atoms with Gasteiger partial charge in [0, 0.05) is 35.3 Å². The Hall–Kier alpha value is -3.11. The van der Waals surface area contributed by atoms with E-state index >= 15 is 4.39 Å². The largest absolute Gasteiger partial charge is 0.493 e. The number of nitrogens with zero attached hydrogens (tertiary/aromatic N) is 5. The summed E-state index contributed by atoms with van der Waals surface area (Å²) in [5, 5.41) is 18.4. The van der Waals surface area contributed by atoms with Crippen molar-refractivity contribution in [2.45, 2.75) is 6.61 Å². The summed E-state index contributed by atoms with van der Waals surface area (Å²) in [4.78, 5) is 11.0. The molecule has 11 heteroatoms. The summed E-state index contributed by atoms with van der Waals surface area (Å²) in [6.45, 7) is 2.46. The van der Waals surface area contributed by atoms with Crippen LogP contribution in [-0.4, -0.2) is 58.7 Å². The summed E-state index contributed by atoms with van der Waals surface area (Å²) < 4.78 is 26.1. The number of benzene rings is 2. The molecule has 4 aromatic rings. The SMILES string of the molecule is COc1c(Cl)nnc(CO)c1-c1cc(-c2ncnc3cc(N4CCOCC4)ccc23)c(F)cc1Cl. The van der Waals surface area contributed by atoms with Crippen molar-refractivity contribution >= 4 is 39.8 Å². The van der Waals surface area contributed by atoms with Gasteiger partial charge in [0.2, 0.25) is 0 Å². The van der Waals surface area contributed by atoms with Crippen LogP contribution in [0, 0.1) is 5.82 Å². The summed E-state index contributed by atoms with van der Waals surface area (Å²) >= 11 is 12.6. The van der Waals surface area contributed by atoms with Gasteiger partial charge in [0.1, 0.15) is 17.8 Å². The topological polar surface area (TPSA) is 93.5 Å². The first-order chi connectivity index (χ1) is 17.0. The van der Waals surface area contributed by atoms with Gasteiger partial charge in [-0.3, -0.25) is 0 Å². The number of hydrogen-bond acceptors (Lipinski definition) is 8. The van der Waals surface area contributed by atoms with Crippen LogP contribution >= 0.6 is 23.2 Å². The second kappa shape index (κ2) is 9.87. The average Bonchev–Trinajstić information content (AvgIpc) is 2.88. The van der Waals surface area contributed by atoms with Crippen molar-refractivity contribution in [3.63, 3.8) is 0 Å². The van der Waals surface area contributed by atoms with E-state index in [1.165, 1.54) is 19.5 Å². The minimum Gasteiger partial charge on any atom is -0.493 e. The zero-order chi connectivity index (χ0) is 24.5. The molecule has 0 unspecified atom stereocenters. The molecule has 1 aliphatic rings. The van der Waals surface area contributed by atoms with Crippen molar-refractivity contribution in [2.24, 2.45) is 0 Å². The van der Waals surface area contributed by atoms with E-state index in [4.69, 9.17) is 32.7 Å². The highest BCUT2D eigenvalue weighted by Crippen LogP contribution is 2.43. The third-order valence-electron chi connectivity index (χ3n) is 5.89. The summed E-state index contributed by atoms with van der Waals surface area (Å²) in [5.41, 5.74) is 3.18. The number of anilines is 1. The normalized spacial score (nSPS) is 13.9. The molecule has 0 bridgehead atoms. The molecule has 0 aliphatic carbocycles. The van der Waals surface area contributed by atoms with Crippen molar-refractivity contribution in [1.82, 2.24) is 20.2 Å². The fourth-order valence-corrected chi connectivity index (χ4v) is 4.66. The number of halogens is 3. The molecule has 1 saturated heterocycles. The van der Waals surface area contributed by atoms with Gasteiger partial charge in [0.15, 0.2) is 10.9 Å². The Bertz CT molecular complexity index is 1420. The van der Waals surface area contributed by atoms with Crippen molar-refractivity contribution in [3.8, 4) is 28.1 Å². The van der Waals surface area contributed by atoms with Gasteiger partial charge in [0.25, 0.3) is 0 Å². The highest BCUT2D eigenvalue weighted by molar-refractivity contribution is 6.34. The number of aliphatic hydroxyl groups excluding tert-OH is 1. The van der Waals surface area contributed by atoms with E-state index in [0.717, 1.165) is 18.8 Å². The Morgan fingerprint density at radius 2 is 1.89 bits per heavy atom. The second-order valence-corrected chi connectivity index (χ2v) is 8.60. The number of aliphatic hydroxyl groups is 1. The molecule has 1 aliphatic heterocycles. The highest BCUT2D eigenvalue weighted by Gasteiger charge is 2.23. The smallest absolute Gasteiger partial charge is 0.194 e. The molecule has 0 amide bonds. The number of rotatable bonds is 5. The van der Waals surface area contributed by atoms with Crippen LogP contribution in [0.4, 0.5) is 10.1 Å². The van der Waals surface area contributed by atoms with Crippen LogP contribution in [0.25, 0.3) is 33.3 Å². The Kier molecular flexibility index (Phi) is 6.66. The maximum absolute atomic E-state index is 15.3. The van der Waals surface area contributed by atoms with E-state index < -0.39 is 12.4 Å². The number of ether oxygens (including phenoxy) is 2. The monoisotopic (exact) mass is 515 g/mol. The first kappa shape index (κ1) is 23.6. The van der Waals surface area contributed by atoms with Gasteiger partial charge in [-0.2, -0.15) is 5.10 Å². The molecule has 2 aromatic carbocycles. The number of hydrogen-bond donors (Lipinski definition) is 1. The van der Waals surface area contributed by atoms with Crippen molar-refractivity contribution < 1.29 is 19.0 Å². The van der Waals surface area contributed by atoms with E-state index in [1.807, 2.05) is 18.2 Å². The van der Waals surface area contributed by atoms with Crippen LogP contribution in [0.2, 0.25) is 10.2 Å². The van der Waals surface area contributed by atoms with E-state index in [2.05, 4.69) is 25.1 Å². The van der Waals surface area contributed by atoms with E-state index in [1.54, 1.807) is 6.07 Å². The molecule has 1 fully saturated rings. The maximum Gasteiger partial charge on any atom is 0.194 e. The number of methoxy groups -OCH3 is 1. The van der Waals surface area contributed by atoms with Crippen LogP contribution in [0.3, 0.4) is 0 Å². The molecular formula is C24H20Cl2FN5O3. The predicted octanol–water partition coefficient (Wildman–Crippen LogP) is 4.54. The van der Waals surface area contributed by atoms with Gasteiger partial charge in [-0.15, -0.1) is 5.10 Å². The van der Waals surface area contributed by atoms with Crippen LogP contribution in [0.1, 0.15) is 5.69 Å². The lowest BCUT2D eigenvalue weighted by molar-refractivity contribution is 0.122. The molecule has 180 valence electrons. The summed E-state index contributed by atoms with van der Waals surface area (Å²) in [6.07, 6.45) is 1.40. The molecule has 2 aromatic heterocycles. The van der Waals surface area contributed by atoms with Crippen LogP contribution in [0.5, 0.6) is 5.75 Å². The van der Waals surface area contributed by atoms with Gasteiger partial charge in [0.05, 0.1) is 48.7 Å². The summed E-state index contributed by atoms with van der Waals surface area (Å²) in [5.74, 6) is -0.387. The minimum absolute atomic E-state index is 0.00947. The summed E-state index contributed by atoms with van der Waals surface area (Å²) in [7, 11) is 1.41. The lowest BCUT2D eigenvalue weighted by atomic mass is 9.97. The minimum atomic E-state index is -0.561. The van der Waals surface area contributed by atoms with Crippen molar-refractivity contribution in [3.05, 3.63) is 58.3 Å². The molecule has 8 nitrogen and oxygen atoms in total. The second-order valence-electron chi connectivity index (χ2n) is 7.84. The number of morpholine rings is 1. The fourth-order valence-electron chi connectivity index (χ4n) is 4.21. The van der Waals surface area contributed by atoms with Crippen LogP contribution in [-0.2, 0) is 11.3 Å². The van der Waals surface area contributed by atoms with E-state index in [0.29, 0.717) is 40.9 Å². The molecule has 1 N–H and O–H groups in total. The Balaban J connectivity index is 1.67. The molecule has 3 heterocycles. The highest BCUT2D eigenvalue weighted by atomic mass is 35.5. The van der Waals surface area contributed by atoms with Gasteiger partial charge in [-0.1, -0.05) is 23.2 Å². The third kappa shape index (κ3) is 4.36. The van der Waals surface area contributed by atoms with Gasteiger partial charge >= 0.3 is 0 Å². The predicted molar refractivity (Wildman–Crippen MR) is 131 cm³/mol. The molecule has 0 spiro atoms. The van der Waals surface area contributed by atoms with Gasteiger partial charge in [-0.25, -0.2) is 14.4 Å². The zero-order valence-corrected chi connectivity index (χ0v) is 20.1. The maximum atomic E-state index is 15.3. The van der Waals surface area contributed by atoms with Gasteiger partial charge < -0.3 is 19.5 Å². The number of aromatic nitrogens is 4. The standard InChI is InChI=1S/C24H20Cl2FN5O3/c1-34-23-21(20(11-33)30-31-24(23)26)15-9-16(18(27)10-17(15)25)22-14-3-2-13(8-19(14)28-12-29-22)32-4-6-35-7-5-32/h2-3,8-10,12,33H,4-7,11H2,1H3. The van der Waals surface area contributed by atoms with Crippen molar-refractivity contribution in [2.75, 3.05) is 38.3 Å². The fraction of sp³-hybridized carbons (Fsp3) is 0.250. The molecule has 35 heavy (non-hydrogen) atoms. The van der Waals surface area contributed by atoms with E-state index in [9.17, 15) is 5.11 Å². The Labute approximate surface area is 210 Å². The molecule has 0 saturated carbocycles. The van der Waals surface area contributed by atoms with E-state index in [-0.39, 0.29) is 27.2 Å². The Morgan fingerprint density at radius 1 is 1.09 bits per heavy atom. The lowest BCUT2D eigenvalue weighted by Crippen LogP contribution is -2.36. The van der Waals surface area contributed by atoms with Crippen LogP contribution < -0.4 is 9.64 Å². The molecule has 0 radical (unpaired) electrons. The first-order valence-electron chi connectivity index (χ1n) is 10.8. The number of fused-ring (bicyclic) bond motifs is 1. The summed E-state index contributed by atoms with van der Waals surface area (Å²) in [6, 6.07) is 8.55. The zero-order valence-electron chi connectivity index (χ0n) is 18.6. The quantitative estimate of drug-likeness (QED) is 0.414. The Morgan fingerprint density at radius 3 is 2.63 bits per heavy atom. The lowest BCUT2D eigenvalue weighted by Gasteiger charge is -2.29. The first-order valence-corrected chi connectivity index (χ1v) is 11.5. The van der Waals surface area contributed by atoms with Crippen LogP contribution in [0.15, 0.2) is 36.7 Å². The molecular weight excluding hydrogens is 496 g/mol. The molecule has 5 rings (SSSR count). The molecule has 0 atom stereocenters. The average molecular weight is 516 g/mol. The van der Waals surface area contributed by atoms with Crippen molar-refractivity contribution in [1.29, 1.82) is 0 Å². The third-order valence-corrected chi connectivity index (χ3v) is 6.45.